The first kappa shape index (κ1) is 19.7. The highest BCUT2D eigenvalue weighted by Gasteiger charge is 2.56. The standard InChI is InChI=1S/C15H27F5/c1-13(2,3)11-9-7-5-4-6-8-10-12-14(16,17)15(18,19)20/h4-12H2,1-3H3. The molecule has 0 spiro atoms. The van der Waals surface area contributed by atoms with Crippen LogP contribution in [0, 0.1) is 5.41 Å². The molecule has 0 heterocycles. The zero-order chi connectivity index (χ0) is 15.9. The van der Waals surface area contributed by atoms with E-state index >= 15 is 0 Å². The van der Waals surface area contributed by atoms with Crippen molar-refractivity contribution in [3.63, 3.8) is 0 Å². The summed E-state index contributed by atoms with van der Waals surface area (Å²) in [5, 5.41) is 0. The Balaban J connectivity index is 3.46. The first-order valence-corrected chi connectivity index (χ1v) is 7.40. The third-order valence-electron chi connectivity index (χ3n) is 3.33. The van der Waals surface area contributed by atoms with Gasteiger partial charge in [-0.3, -0.25) is 0 Å². The van der Waals surface area contributed by atoms with Crippen LogP contribution in [-0.2, 0) is 0 Å². The highest BCUT2D eigenvalue weighted by Crippen LogP contribution is 2.39. The number of alkyl halides is 5. The van der Waals surface area contributed by atoms with Gasteiger partial charge in [-0.25, -0.2) is 0 Å². The maximum absolute atomic E-state index is 12.6. The van der Waals surface area contributed by atoms with Crippen molar-refractivity contribution in [1.82, 2.24) is 0 Å². The van der Waals surface area contributed by atoms with Crippen LogP contribution in [0.3, 0.4) is 0 Å². The van der Waals surface area contributed by atoms with Crippen molar-refractivity contribution >= 4 is 0 Å². The topological polar surface area (TPSA) is 0 Å². The van der Waals surface area contributed by atoms with Gasteiger partial charge in [0.2, 0.25) is 0 Å². The quantitative estimate of drug-likeness (QED) is 0.327. The molecular weight excluding hydrogens is 275 g/mol. The molecule has 0 nitrogen and oxygen atoms in total. The molecule has 0 amide bonds. The predicted molar refractivity (Wildman–Crippen MR) is 72.0 cm³/mol. The lowest BCUT2D eigenvalue weighted by atomic mass is 9.89. The van der Waals surface area contributed by atoms with Gasteiger partial charge in [0, 0.05) is 6.42 Å². The summed E-state index contributed by atoms with van der Waals surface area (Å²) in [6.45, 7) is 6.56. The van der Waals surface area contributed by atoms with Gasteiger partial charge in [0.1, 0.15) is 0 Å². The minimum atomic E-state index is -5.40. The average molecular weight is 302 g/mol. The Hall–Kier alpha value is -0.350. The summed E-state index contributed by atoms with van der Waals surface area (Å²) in [6.07, 6.45) is 0.00723. The summed E-state index contributed by atoms with van der Waals surface area (Å²) in [7, 11) is 0. The van der Waals surface area contributed by atoms with Crippen LogP contribution in [0.4, 0.5) is 22.0 Å². The van der Waals surface area contributed by atoms with Crippen molar-refractivity contribution in [2.75, 3.05) is 0 Å². The van der Waals surface area contributed by atoms with E-state index in [0.717, 1.165) is 38.5 Å². The second-order valence-electron chi connectivity index (χ2n) is 6.74. The molecule has 0 saturated heterocycles. The molecule has 0 radical (unpaired) electrons. The zero-order valence-electron chi connectivity index (χ0n) is 12.8. The maximum Gasteiger partial charge on any atom is 0.453 e. The van der Waals surface area contributed by atoms with E-state index in [1.165, 1.54) is 0 Å². The van der Waals surface area contributed by atoms with E-state index in [1.807, 2.05) is 0 Å². The molecule has 0 atom stereocenters. The zero-order valence-corrected chi connectivity index (χ0v) is 12.8. The third kappa shape index (κ3) is 9.54. The van der Waals surface area contributed by atoms with E-state index in [-0.39, 0.29) is 6.42 Å². The van der Waals surface area contributed by atoms with Crippen molar-refractivity contribution < 1.29 is 22.0 Å². The Morgan fingerprint density at radius 2 is 0.900 bits per heavy atom. The van der Waals surface area contributed by atoms with E-state index < -0.39 is 18.5 Å². The summed E-state index contributed by atoms with van der Waals surface area (Å²) < 4.78 is 60.9. The van der Waals surface area contributed by atoms with Crippen LogP contribution in [0.5, 0.6) is 0 Å². The van der Waals surface area contributed by atoms with Crippen LogP contribution >= 0.6 is 0 Å². The van der Waals surface area contributed by atoms with Gasteiger partial charge in [0.05, 0.1) is 0 Å². The fourth-order valence-electron chi connectivity index (χ4n) is 2.03. The van der Waals surface area contributed by atoms with Gasteiger partial charge in [0.25, 0.3) is 0 Å². The number of halogens is 5. The molecule has 0 aliphatic heterocycles. The molecule has 0 aromatic carbocycles. The summed E-state index contributed by atoms with van der Waals surface area (Å²) >= 11 is 0. The third-order valence-corrected chi connectivity index (χ3v) is 3.33. The van der Waals surface area contributed by atoms with Crippen LogP contribution in [0.1, 0.15) is 78.6 Å². The van der Waals surface area contributed by atoms with Gasteiger partial charge >= 0.3 is 12.1 Å². The SMILES string of the molecule is CC(C)(C)CCCCCCCCCC(F)(F)C(F)(F)F. The molecule has 0 unspecified atom stereocenters. The number of hydrogen-bond donors (Lipinski definition) is 0. The molecule has 0 aromatic heterocycles. The fraction of sp³-hybridized carbons (Fsp3) is 1.00. The number of rotatable bonds is 9. The minimum Gasteiger partial charge on any atom is -0.196 e. The van der Waals surface area contributed by atoms with Crippen molar-refractivity contribution in [3.05, 3.63) is 0 Å². The Bertz CT molecular complexity index is 250. The van der Waals surface area contributed by atoms with Crippen molar-refractivity contribution in [3.8, 4) is 0 Å². The van der Waals surface area contributed by atoms with Gasteiger partial charge in [0.15, 0.2) is 0 Å². The molecule has 0 aromatic rings. The molecule has 0 rings (SSSR count). The predicted octanol–water partition coefficient (Wildman–Crippen LogP) is 6.74. The van der Waals surface area contributed by atoms with Crippen LogP contribution in [0.25, 0.3) is 0 Å². The lowest BCUT2D eigenvalue weighted by Gasteiger charge is -2.19. The summed E-state index contributed by atoms with van der Waals surface area (Å²) in [5.74, 6) is -4.53. The maximum atomic E-state index is 12.6. The first-order valence-electron chi connectivity index (χ1n) is 7.40. The van der Waals surface area contributed by atoms with Gasteiger partial charge < -0.3 is 0 Å². The van der Waals surface area contributed by atoms with E-state index in [0.29, 0.717) is 11.8 Å². The molecule has 0 saturated carbocycles. The van der Waals surface area contributed by atoms with Crippen LogP contribution < -0.4 is 0 Å². The normalized spacial score (nSPS) is 13.8. The van der Waals surface area contributed by atoms with Gasteiger partial charge in [-0.05, 0) is 18.3 Å². The van der Waals surface area contributed by atoms with Crippen molar-refractivity contribution in [1.29, 1.82) is 0 Å². The van der Waals surface area contributed by atoms with Crippen molar-refractivity contribution in [2.24, 2.45) is 5.41 Å². The number of unbranched alkanes of at least 4 members (excludes halogenated alkanes) is 6. The Morgan fingerprint density at radius 1 is 0.550 bits per heavy atom. The van der Waals surface area contributed by atoms with Gasteiger partial charge in [-0.1, -0.05) is 59.3 Å². The smallest absolute Gasteiger partial charge is 0.196 e. The largest absolute Gasteiger partial charge is 0.453 e. The van der Waals surface area contributed by atoms with Crippen LogP contribution in [0.15, 0.2) is 0 Å². The molecule has 0 bridgehead atoms. The Morgan fingerprint density at radius 3 is 1.25 bits per heavy atom. The second kappa shape index (κ2) is 8.18. The number of hydrogen-bond acceptors (Lipinski definition) is 0. The molecule has 20 heavy (non-hydrogen) atoms. The molecule has 0 N–H and O–H groups in total. The average Bonchev–Trinajstić information content (AvgIpc) is 2.23. The lowest BCUT2D eigenvalue weighted by molar-refractivity contribution is -0.284. The fourth-order valence-corrected chi connectivity index (χ4v) is 2.03. The highest BCUT2D eigenvalue weighted by molar-refractivity contribution is 4.75. The minimum absolute atomic E-state index is 0.0610. The Labute approximate surface area is 119 Å². The molecule has 0 fully saturated rings. The van der Waals surface area contributed by atoms with Gasteiger partial charge in [-0.15, -0.1) is 0 Å². The second-order valence-corrected chi connectivity index (χ2v) is 6.74. The monoisotopic (exact) mass is 302 g/mol. The van der Waals surface area contributed by atoms with E-state index in [9.17, 15) is 22.0 Å². The molecule has 0 aliphatic carbocycles. The lowest BCUT2D eigenvalue weighted by Crippen LogP contribution is -2.36. The van der Waals surface area contributed by atoms with Gasteiger partial charge in [-0.2, -0.15) is 22.0 Å². The first-order chi connectivity index (χ1) is 8.96. The molecule has 122 valence electrons. The van der Waals surface area contributed by atoms with E-state index in [4.69, 9.17) is 0 Å². The summed E-state index contributed by atoms with van der Waals surface area (Å²) in [6, 6.07) is 0. The van der Waals surface area contributed by atoms with Crippen molar-refractivity contribution in [2.45, 2.75) is 90.7 Å². The highest BCUT2D eigenvalue weighted by atomic mass is 19.4. The van der Waals surface area contributed by atoms with Crippen LogP contribution in [-0.4, -0.2) is 12.1 Å². The molecular formula is C15H27F5. The van der Waals surface area contributed by atoms with E-state index in [1.54, 1.807) is 0 Å². The Kier molecular flexibility index (Phi) is 8.04. The molecule has 5 heteroatoms. The molecule has 0 aliphatic rings. The van der Waals surface area contributed by atoms with Crippen LogP contribution in [0.2, 0.25) is 0 Å². The van der Waals surface area contributed by atoms with E-state index in [2.05, 4.69) is 20.8 Å². The summed E-state index contributed by atoms with van der Waals surface area (Å²) in [5.41, 5.74) is 0.336. The summed E-state index contributed by atoms with van der Waals surface area (Å²) in [4.78, 5) is 0.